The zero-order chi connectivity index (χ0) is 15.8. The Bertz CT molecular complexity index is 528. The van der Waals surface area contributed by atoms with Gasteiger partial charge in [0, 0.05) is 17.7 Å². The molecule has 6 heteroatoms. The Labute approximate surface area is 123 Å². The van der Waals surface area contributed by atoms with Gasteiger partial charge in [0.05, 0.1) is 0 Å². The van der Waals surface area contributed by atoms with Gasteiger partial charge >= 0.3 is 5.97 Å². The predicted molar refractivity (Wildman–Crippen MR) is 78.2 cm³/mol. The summed E-state index contributed by atoms with van der Waals surface area (Å²) in [5, 5.41) is 11.4. The van der Waals surface area contributed by atoms with Gasteiger partial charge in [-0.2, -0.15) is 0 Å². The molecule has 0 heterocycles. The quantitative estimate of drug-likeness (QED) is 0.492. The third-order valence-corrected chi connectivity index (χ3v) is 3.08. The molecule has 1 amide bonds. The smallest absolute Gasteiger partial charge is 0.320 e. The van der Waals surface area contributed by atoms with E-state index in [1.54, 1.807) is 24.3 Å². The average Bonchev–Trinajstić information content (AvgIpc) is 2.46. The first-order valence-corrected chi connectivity index (χ1v) is 6.79. The van der Waals surface area contributed by atoms with E-state index in [9.17, 15) is 14.4 Å². The summed E-state index contributed by atoms with van der Waals surface area (Å²) in [4.78, 5) is 33.7. The molecule has 0 saturated heterocycles. The van der Waals surface area contributed by atoms with Gasteiger partial charge in [-0.3, -0.25) is 14.4 Å². The highest BCUT2D eigenvalue weighted by Gasteiger charge is 2.11. The predicted octanol–water partition coefficient (Wildman–Crippen LogP) is 1.20. The zero-order valence-corrected chi connectivity index (χ0v) is 12.0. The van der Waals surface area contributed by atoms with Gasteiger partial charge in [-0.05, 0) is 38.3 Å². The fourth-order valence-electron chi connectivity index (χ4n) is 1.80. The number of aliphatic carboxylic acids is 1. The number of carbonyl (C=O) groups excluding carboxylic acids is 2. The van der Waals surface area contributed by atoms with Crippen LogP contribution in [0.15, 0.2) is 24.3 Å². The third kappa shape index (κ3) is 5.74. The number of carbonyl (C=O) groups is 3. The summed E-state index contributed by atoms with van der Waals surface area (Å²) in [6.45, 7) is 1.89. The lowest BCUT2D eigenvalue weighted by molar-refractivity contribution is -0.138. The zero-order valence-electron chi connectivity index (χ0n) is 12.0. The standard InChI is InChI=1S/C15H20N2O4/c1-10(18)11-5-4-6-12(9-11)14(19)17-8-3-2-7-13(16)15(20)21/h4-6,9,13H,2-3,7-8,16H2,1H3,(H,17,19)(H,20,21)/t13-/m0/s1. The van der Waals surface area contributed by atoms with Crippen molar-refractivity contribution >= 4 is 17.7 Å². The summed E-state index contributed by atoms with van der Waals surface area (Å²) in [5.41, 5.74) is 6.31. The molecule has 0 saturated carbocycles. The first-order chi connectivity index (χ1) is 9.91. The van der Waals surface area contributed by atoms with Crippen LogP contribution in [0.2, 0.25) is 0 Å². The number of nitrogens with one attached hydrogen (secondary N) is 1. The Hall–Kier alpha value is -2.21. The van der Waals surface area contributed by atoms with Crippen molar-refractivity contribution < 1.29 is 19.5 Å². The Morgan fingerprint density at radius 1 is 1.24 bits per heavy atom. The fraction of sp³-hybridized carbons (Fsp3) is 0.400. The Balaban J connectivity index is 2.36. The molecule has 4 N–H and O–H groups in total. The van der Waals surface area contributed by atoms with Crippen molar-refractivity contribution in [3.8, 4) is 0 Å². The highest BCUT2D eigenvalue weighted by molar-refractivity contribution is 5.99. The second kappa shape index (κ2) is 8.16. The number of rotatable bonds is 8. The third-order valence-electron chi connectivity index (χ3n) is 3.08. The maximum Gasteiger partial charge on any atom is 0.320 e. The van der Waals surface area contributed by atoms with Crippen LogP contribution >= 0.6 is 0 Å². The van der Waals surface area contributed by atoms with Crippen molar-refractivity contribution in [2.24, 2.45) is 5.73 Å². The SMILES string of the molecule is CC(=O)c1cccc(C(=O)NCCCC[C@H](N)C(=O)O)c1. The van der Waals surface area contributed by atoms with Crippen LogP contribution in [0.25, 0.3) is 0 Å². The Morgan fingerprint density at radius 3 is 2.52 bits per heavy atom. The highest BCUT2D eigenvalue weighted by atomic mass is 16.4. The van der Waals surface area contributed by atoms with Crippen LogP contribution in [-0.4, -0.2) is 35.4 Å². The van der Waals surface area contributed by atoms with E-state index in [1.165, 1.54) is 6.92 Å². The summed E-state index contributed by atoms with van der Waals surface area (Å²) in [5.74, 6) is -1.35. The Morgan fingerprint density at radius 2 is 1.90 bits per heavy atom. The van der Waals surface area contributed by atoms with E-state index in [0.29, 0.717) is 36.9 Å². The van der Waals surface area contributed by atoms with Gasteiger partial charge in [0.2, 0.25) is 0 Å². The van der Waals surface area contributed by atoms with Gasteiger partial charge in [-0.1, -0.05) is 12.1 Å². The van der Waals surface area contributed by atoms with E-state index in [4.69, 9.17) is 10.8 Å². The lowest BCUT2D eigenvalue weighted by Crippen LogP contribution is -2.30. The highest BCUT2D eigenvalue weighted by Crippen LogP contribution is 2.06. The summed E-state index contributed by atoms with van der Waals surface area (Å²) < 4.78 is 0. The number of ketones is 1. The summed E-state index contributed by atoms with van der Waals surface area (Å²) in [7, 11) is 0. The van der Waals surface area contributed by atoms with Gasteiger partial charge in [0.25, 0.3) is 5.91 Å². The van der Waals surface area contributed by atoms with Crippen molar-refractivity contribution in [1.82, 2.24) is 5.32 Å². The molecule has 0 aliphatic heterocycles. The molecule has 1 aromatic rings. The minimum Gasteiger partial charge on any atom is -0.480 e. The minimum atomic E-state index is -1.01. The molecular formula is C15H20N2O4. The topological polar surface area (TPSA) is 109 Å². The van der Waals surface area contributed by atoms with Gasteiger partial charge in [-0.25, -0.2) is 0 Å². The number of nitrogens with two attached hydrogens (primary N) is 1. The molecule has 0 unspecified atom stereocenters. The molecule has 0 aliphatic rings. The second-order valence-corrected chi connectivity index (χ2v) is 4.83. The number of hydrogen-bond donors (Lipinski definition) is 3. The van der Waals surface area contributed by atoms with Crippen LogP contribution in [-0.2, 0) is 4.79 Å². The maximum atomic E-state index is 11.9. The molecule has 0 aromatic heterocycles. The molecule has 1 aromatic carbocycles. The van der Waals surface area contributed by atoms with E-state index >= 15 is 0 Å². The molecule has 0 fully saturated rings. The molecule has 0 radical (unpaired) electrons. The number of unbranched alkanes of at least 4 members (excludes halogenated alkanes) is 1. The molecule has 114 valence electrons. The number of amides is 1. The van der Waals surface area contributed by atoms with Gasteiger partial charge in [0.15, 0.2) is 5.78 Å². The van der Waals surface area contributed by atoms with Crippen LogP contribution in [0.1, 0.15) is 46.9 Å². The molecule has 21 heavy (non-hydrogen) atoms. The normalized spacial score (nSPS) is 11.7. The summed E-state index contributed by atoms with van der Waals surface area (Å²) in [6, 6.07) is 5.66. The fourth-order valence-corrected chi connectivity index (χ4v) is 1.80. The first kappa shape index (κ1) is 16.8. The van der Waals surface area contributed by atoms with E-state index in [1.807, 2.05) is 0 Å². The number of carboxylic acid groups (broad SMARTS) is 1. The number of carboxylic acids is 1. The molecule has 0 aliphatic carbocycles. The van der Waals surface area contributed by atoms with Crippen LogP contribution in [0.3, 0.4) is 0 Å². The molecule has 0 spiro atoms. The van der Waals surface area contributed by atoms with Crippen molar-refractivity contribution in [1.29, 1.82) is 0 Å². The van der Waals surface area contributed by atoms with Crippen molar-refractivity contribution in [3.63, 3.8) is 0 Å². The number of benzene rings is 1. The molecule has 1 atom stereocenters. The average molecular weight is 292 g/mol. The number of hydrogen-bond acceptors (Lipinski definition) is 4. The summed E-state index contributed by atoms with van der Waals surface area (Å²) >= 11 is 0. The van der Waals surface area contributed by atoms with Gasteiger partial charge in [0.1, 0.15) is 6.04 Å². The van der Waals surface area contributed by atoms with Crippen LogP contribution < -0.4 is 11.1 Å². The monoisotopic (exact) mass is 292 g/mol. The first-order valence-electron chi connectivity index (χ1n) is 6.79. The lowest BCUT2D eigenvalue weighted by atomic mass is 10.1. The van der Waals surface area contributed by atoms with Crippen molar-refractivity contribution in [3.05, 3.63) is 35.4 Å². The number of Topliss-reactive ketones (excluding diaryl/α,β-unsaturated/α-hetero) is 1. The van der Waals surface area contributed by atoms with Crippen molar-refractivity contribution in [2.75, 3.05) is 6.54 Å². The minimum absolute atomic E-state index is 0.0905. The molecular weight excluding hydrogens is 272 g/mol. The molecule has 0 bridgehead atoms. The maximum absolute atomic E-state index is 11.9. The van der Waals surface area contributed by atoms with Crippen LogP contribution in [0.5, 0.6) is 0 Å². The lowest BCUT2D eigenvalue weighted by Gasteiger charge is -2.08. The largest absolute Gasteiger partial charge is 0.480 e. The van der Waals surface area contributed by atoms with Gasteiger partial charge in [-0.15, -0.1) is 0 Å². The van der Waals surface area contributed by atoms with Crippen LogP contribution in [0.4, 0.5) is 0 Å². The van der Waals surface area contributed by atoms with E-state index < -0.39 is 12.0 Å². The van der Waals surface area contributed by atoms with E-state index in [2.05, 4.69) is 5.32 Å². The van der Waals surface area contributed by atoms with E-state index in [0.717, 1.165) is 0 Å². The van der Waals surface area contributed by atoms with Crippen molar-refractivity contribution in [2.45, 2.75) is 32.2 Å². The molecule has 6 nitrogen and oxygen atoms in total. The van der Waals surface area contributed by atoms with Crippen LogP contribution in [0, 0.1) is 0 Å². The Kier molecular flexibility index (Phi) is 6.55. The molecule has 1 rings (SSSR count). The second-order valence-electron chi connectivity index (χ2n) is 4.83. The van der Waals surface area contributed by atoms with E-state index in [-0.39, 0.29) is 11.7 Å². The summed E-state index contributed by atoms with van der Waals surface area (Å²) in [6.07, 6.45) is 1.66. The van der Waals surface area contributed by atoms with Gasteiger partial charge < -0.3 is 16.2 Å².